The van der Waals surface area contributed by atoms with Crippen molar-refractivity contribution < 1.29 is 14.3 Å². The second-order valence-corrected chi connectivity index (χ2v) is 8.02. The molecule has 1 aliphatic carbocycles. The lowest BCUT2D eigenvalue weighted by Crippen LogP contribution is -2.24. The highest BCUT2D eigenvalue weighted by atomic mass is 32.1. The van der Waals surface area contributed by atoms with Crippen molar-refractivity contribution in [2.45, 2.75) is 45.1 Å². The molecule has 0 N–H and O–H groups in total. The Morgan fingerprint density at radius 1 is 1.15 bits per heavy atom. The van der Waals surface area contributed by atoms with Gasteiger partial charge in [-0.25, -0.2) is 4.98 Å². The number of para-hydroxylation sites is 1. The molecule has 0 aliphatic heterocycles. The van der Waals surface area contributed by atoms with Crippen LogP contribution in [0.3, 0.4) is 0 Å². The molecule has 0 radical (unpaired) electrons. The van der Waals surface area contributed by atoms with Crippen LogP contribution in [0.25, 0.3) is 10.2 Å². The van der Waals surface area contributed by atoms with E-state index in [0.717, 1.165) is 34.5 Å². The Hall–Kier alpha value is -2.53. The van der Waals surface area contributed by atoms with E-state index < -0.39 is 6.10 Å². The Morgan fingerprint density at radius 2 is 1.96 bits per heavy atom. The van der Waals surface area contributed by atoms with Crippen LogP contribution in [0.4, 0.5) is 0 Å². The number of carbonyl (C=O) groups excluding carboxylic acids is 2. The first-order chi connectivity index (χ1) is 13.1. The average Bonchev–Trinajstić information content (AvgIpc) is 3.31. The number of hydrogen-bond donors (Lipinski definition) is 0. The third-order valence-electron chi connectivity index (χ3n) is 4.94. The van der Waals surface area contributed by atoms with E-state index in [4.69, 9.17) is 4.74 Å². The first-order valence-electron chi connectivity index (χ1n) is 9.30. The third-order valence-corrected chi connectivity index (χ3v) is 6.04. The number of aryl methyl sites for hydroxylation is 3. The van der Waals surface area contributed by atoms with E-state index in [9.17, 15) is 9.59 Å². The van der Waals surface area contributed by atoms with E-state index >= 15 is 0 Å². The number of Topliss-reactive ketones (excluding diaryl/α,β-unsaturated/α-hetero) is 1. The van der Waals surface area contributed by atoms with Crippen molar-refractivity contribution in [3.05, 3.63) is 64.2 Å². The minimum Gasteiger partial charge on any atom is -0.454 e. The topological polar surface area (TPSA) is 56.3 Å². The Balaban J connectivity index is 1.33. The van der Waals surface area contributed by atoms with Crippen LogP contribution in [0.1, 0.15) is 46.3 Å². The number of nitrogens with zero attached hydrogens (tertiary/aromatic N) is 1. The summed E-state index contributed by atoms with van der Waals surface area (Å²) in [6, 6.07) is 13.7. The Bertz CT molecular complexity index is 975. The van der Waals surface area contributed by atoms with Gasteiger partial charge in [0.25, 0.3) is 0 Å². The number of esters is 1. The number of fused-ring (bicyclic) bond motifs is 2. The highest BCUT2D eigenvalue weighted by Crippen LogP contribution is 2.24. The molecule has 0 amide bonds. The van der Waals surface area contributed by atoms with Gasteiger partial charge in [-0.2, -0.15) is 0 Å². The molecule has 2 aromatic carbocycles. The fraction of sp³-hybridized carbons (Fsp3) is 0.318. The number of hydrogen-bond acceptors (Lipinski definition) is 5. The van der Waals surface area contributed by atoms with Crippen molar-refractivity contribution in [1.82, 2.24) is 4.98 Å². The zero-order valence-electron chi connectivity index (χ0n) is 15.2. The van der Waals surface area contributed by atoms with Crippen LogP contribution in [-0.4, -0.2) is 22.8 Å². The molecular formula is C22H21NO3S. The van der Waals surface area contributed by atoms with Crippen LogP contribution in [-0.2, 0) is 28.8 Å². The third kappa shape index (κ3) is 3.93. The molecule has 0 saturated heterocycles. The summed E-state index contributed by atoms with van der Waals surface area (Å²) in [5.74, 6) is -0.505. The number of aromatic nitrogens is 1. The SMILES string of the molecule is C[C@@H](OC(=O)CCc1nc2ccccc2s1)C(=O)c1ccc2c(c1)CCC2. The quantitative estimate of drug-likeness (QED) is 0.466. The molecule has 0 bridgehead atoms. The van der Waals surface area contributed by atoms with Crippen LogP contribution < -0.4 is 0 Å². The van der Waals surface area contributed by atoms with Crippen LogP contribution in [0.5, 0.6) is 0 Å². The van der Waals surface area contributed by atoms with E-state index in [0.29, 0.717) is 12.0 Å². The van der Waals surface area contributed by atoms with Gasteiger partial charge in [-0.05, 0) is 55.5 Å². The summed E-state index contributed by atoms with van der Waals surface area (Å²) >= 11 is 1.59. The highest BCUT2D eigenvalue weighted by Gasteiger charge is 2.21. The summed E-state index contributed by atoms with van der Waals surface area (Å²) < 4.78 is 6.48. The van der Waals surface area contributed by atoms with Gasteiger partial charge in [0.1, 0.15) is 0 Å². The van der Waals surface area contributed by atoms with Gasteiger partial charge in [0.2, 0.25) is 5.78 Å². The van der Waals surface area contributed by atoms with Crippen molar-refractivity contribution >= 4 is 33.3 Å². The molecule has 4 nitrogen and oxygen atoms in total. The van der Waals surface area contributed by atoms with Crippen molar-refractivity contribution in [3.8, 4) is 0 Å². The van der Waals surface area contributed by atoms with E-state index in [1.54, 1.807) is 18.3 Å². The molecule has 5 heteroatoms. The van der Waals surface area contributed by atoms with Crippen molar-refractivity contribution in [1.29, 1.82) is 0 Å². The molecule has 1 aromatic heterocycles. The minimum atomic E-state index is -0.771. The molecule has 138 valence electrons. The zero-order chi connectivity index (χ0) is 18.8. The summed E-state index contributed by atoms with van der Waals surface area (Å²) in [6.45, 7) is 1.64. The maximum Gasteiger partial charge on any atom is 0.306 e. The number of ether oxygens (including phenoxy) is 1. The number of carbonyl (C=O) groups is 2. The monoisotopic (exact) mass is 379 g/mol. The smallest absolute Gasteiger partial charge is 0.306 e. The van der Waals surface area contributed by atoms with Gasteiger partial charge in [-0.3, -0.25) is 9.59 Å². The first kappa shape index (κ1) is 17.9. The van der Waals surface area contributed by atoms with Gasteiger partial charge in [-0.15, -0.1) is 11.3 Å². The number of benzene rings is 2. The van der Waals surface area contributed by atoms with Gasteiger partial charge < -0.3 is 4.74 Å². The molecule has 0 unspecified atom stereocenters. The molecule has 27 heavy (non-hydrogen) atoms. The van der Waals surface area contributed by atoms with Crippen molar-refractivity contribution in [2.75, 3.05) is 0 Å². The summed E-state index contributed by atoms with van der Waals surface area (Å²) in [5.41, 5.74) is 4.15. The molecule has 1 aliphatic rings. The first-order valence-corrected chi connectivity index (χ1v) is 10.1. The fourth-order valence-electron chi connectivity index (χ4n) is 3.51. The fourth-order valence-corrected chi connectivity index (χ4v) is 4.47. The molecule has 4 rings (SSSR count). The lowest BCUT2D eigenvalue weighted by atomic mass is 10.0. The summed E-state index contributed by atoms with van der Waals surface area (Å²) in [5, 5.41) is 0.908. The van der Waals surface area contributed by atoms with Crippen LogP contribution in [0.2, 0.25) is 0 Å². The number of thiazole rings is 1. The molecule has 0 spiro atoms. The van der Waals surface area contributed by atoms with Crippen LogP contribution >= 0.6 is 11.3 Å². The maximum absolute atomic E-state index is 12.6. The van der Waals surface area contributed by atoms with Crippen molar-refractivity contribution in [2.24, 2.45) is 0 Å². The van der Waals surface area contributed by atoms with Crippen LogP contribution in [0, 0.1) is 0 Å². The molecule has 3 aromatic rings. The van der Waals surface area contributed by atoms with E-state index in [-0.39, 0.29) is 18.2 Å². The van der Waals surface area contributed by atoms with Gasteiger partial charge in [0, 0.05) is 12.0 Å². The standard InChI is InChI=1S/C22H21NO3S/c1-14(22(25)17-10-9-15-5-4-6-16(15)13-17)26-21(24)12-11-20-23-18-7-2-3-8-19(18)27-20/h2-3,7-10,13-14H,4-6,11-12H2,1H3/t14-/m1/s1. The van der Waals surface area contributed by atoms with Gasteiger partial charge in [-0.1, -0.05) is 24.3 Å². The van der Waals surface area contributed by atoms with E-state index in [2.05, 4.69) is 4.98 Å². The number of ketones is 1. The lowest BCUT2D eigenvalue weighted by Gasteiger charge is -2.13. The second kappa shape index (κ2) is 7.61. The predicted octanol–water partition coefficient (Wildman–Crippen LogP) is 4.53. The van der Waals surface area contributed by atoms with E-state index in [1.165, 1.54) is 11.1 Å². The average molecular weight is 379 g/mol. The molecule has 0 fully saturated rings. The normalized spacial score (nSPS) is 14.1. The molecular weight excluding hydrogens is 358 g/mol. The highest BCUT2D eigenvalue weighted by molar-refractivity contribution is 7.18. The lowest BCUT2D eigenvalue weighted by molar-refractivity contribution is -0.146. The van der Waals surface area contributed by atoms with Gasteiger partial charge >= 0.3 is 5.97 Å². The van der Waals surface area contributed by atoms with Crippen molar-refractivity contribution in [3.63, 3.8) is 0 Å². The van der Waals surface area contributed by atoms with Gasteiger partial charge in [0.15, 0.2) is 6.10 Å². The molecule has 1 heterocycles. The maximum atomic E-state index is 12.6. The summed E-state index contributed by atoms with van der Waals surface area (Å²) in [4.78, 5) is 29.3. The predicted molar refractivity (Wildman–Crippen MR) is 106 cm³/mol. The molecule has 1 atom stereocenters. The summed E-state index contributed by atoms with van der Waals surface area (Å²) in [7, 11) is 0. The minimum absolute atomic E-state index is 0.141. The van der Waals surface area contributed by atoms with Crippen LogP contribution in [0.15, 0.2) is 42.5 Å². The molecule has 0 saturated carbocycles. The second-order valence-electron chi connectivity index (χ2n) is 6.91. The Kier molecular flexibility index (Phi) is 5.03. The number of rotatable bonds is 6. The van der Waals surface area contributed by atoms with Gasteiger partial charge in [0.05, 0.1) is 21.6 Å². The largest absolute Gasteiger partial charge is 0.454 e. The Morgan fingerprint density at radius 3 is 2.81 bits per heavy atom. The zero-order valence-corrected chi connectivity index (χ0v) is 16.1. The van der Waals surface area contributed by atoms with E-state index in [1.807, 2.05) is 42.5 Å². The Labute approximate surface area is 162 Å². The summed E-state index contributed by atoms with van der Waals surface area (Å²) in [6.07, 6.45) is 3.22.